The van der Waals surface area contributed by atoms with Gasteiger partial charge in [-0.25, -0.2) is 0 Å². The Morgan fingerprint density at radius 3 is 2.37 bits per heavy atom. The molecule has 4 N–H and O–H groups in total. The molecule has 0 radical (unpaired) electrons. The Balaban J connectivity index is 1.62. The molecule has 5 rings (SSSR count). The number of rotatable bonds is 2. The second-order valence-corrected chi connectivity index (χ2v) is 10.7. The van der Waals surface area contributed by atoms with Crippen molar-refractivity contribution < 1.29 is 34.2 Å². The quantitative estimate of drug-likeness (QED) is 0.409. The molecule has 5 atom stereocenters. The summed E-state index contributed by atoms with van der Waals surface area (Å²) in [5, 5.41) is 22.5. The van der Waals surface area contributed by atoms with Gasteiger partial charge in [0.2, 0.25) is 5.91 Å². The third kappa shape index (κ3) is 3.69. The minimum Gasteiger partial charge on any atom is -0.506 e. The van der Waals surface area contributed by atoms with Crippen LogP contribution in [-0.2, 0) is 25.6 Å². The van der Waals surface area contributed by atoms with Gasteiger partial charge in [-0.3, -0.25) is 24.0 Å². The van der Waals surface area contributed by atoms with Crippen LogP contribution in [0.5, 0.6) is 5.75 Å². The van der Waals surface area contributed by atoms with Crippen molar-refractivity contribution in [3.63, 3.8) is 0 Å². The number of Topliss-reactive ketones (excluding diaryl/α,β-unsaturated/α-hetero) is 4. The van der Waals surface area contributed by atoms with Gasteiger partial charge in [0, 0.05) is 17.9 Å². The van der Waals surface area contributed by atoms with E-state index in [0.717, 1.165) is 5.56 Å². The van der Waals surface area contributed by atoms with Gasteiger partial charge in [-0.15, -0.1) is 0 Å². The van der Waals surface area contributed by atoms with E-state index in [-0.39, 0.29) is 42.1 Å². The van der Waals surface area contributed by atoms with Crippen LogP contribution in [0, 0.1) is 35.5 Å². The molecule has 194 valence electrons. The Kier molecular flexibility index (Phi) is 6.07. The summed E-state index contributed by atoms with van der Waals surface area (Å²) in [6, 6.07) is 10.9. The molecular weight excluding hydrogens is 486 g/mol. The van der Waals surface area contributed by atoms with Crippen molar-refractivity contribution in [3.8, 4) is 17.6 Å². The van der Waals surface area contributed by atoms with Gasteiger partial charge in [0.25, 0.3) is 0 Å². The number of carbonyl (C=O) groups excluding carboxylic acids is 5. The van der Waals surface area contributed by atoms with Crippen molar-refractivity contribution >= 4 is 29.0 Å². The second kappa shape index (κ2) is 9.03. The van der Waals surface area contributed by atoms with Crippen LogP contribution < -0.4 is 5.73 Å². The number of amides is 1. The molecule has 8 heteroatoms. The number of hydrogen-bond acceptors (Lipinski definition) is 7. The average Bonchev–Trinajstić information content (AvgIpc) is 2.86. The third-order valence-electron chi connectivity index (χ3n) is 8.17. The normalized spacial score (nSPS) is 28.2. The number of benzene rings is 2. The van der Waals surface area contributed by atoms with Crippen molar-refractivity contribution in [1.82, 2.24) is 0 Å². The van der Waals surface area contributed by atoms with E-state index in [2.05, 4.69) is 11.8 Å². The van der Waals surface area contributed by atoms with E-state index in [1.807, 2.05) is 44.2 Å². The average molecular weight is 514 g/mol. The van der Waals surface area contributed by atoms with Crippen LogP contribution in [0.25, 0.3) is 0 Å². The molecule has 38 heavy (non-hydrogen) atoms. The minimum absolute atomic E-state index is 0.0311. The molecule has 0 aliphatic heterocycles. The SMILES string of the molecule is CC(C)c1cc(C#Cc2ccccc2)c(O)c2c1C[C@H]1C[C@H]3CC(=O)C(C(N)=O)C(=O)[C@@]3(O)C(=O)C1C2=O. The molecule has 3 aliphatic rings. The molecule has 8 nitrogen and oxygen atoms in total. The summed E-state index contributed by atoms with van der Waals surface area (Å²) >= 11 is 0. The lowest BCUT2D eigenvalue weighted by Crippen LogP contribution is -2.68. The fraction of sp³-hybridized carbons (Fsp3) is 0.367. The number of phenols is 1. The summed E-state index contributed by atoms with van der Waals surface area (Å²) in [5.41, 5.74) is 4.90. The zero-order valence-corrected chi connectivity index (χ0v) is 21.0. The van der Waals surface area contributed by atoms with E-state index in [9.17, 15) is 34.2 Å². The standard InChI is InChI=1S/C30H27NO7/c1-14(2)19-11-16(9-8-15-6-4-3-5-7-15)25(33)23-20(19)12-17-10-18-13-21(32)24(29(31)37)28(36)30(18,38)27(35)22(17)26(23)34/h3-7,11,14,17-18,22,24,33,38H,10,12-13H2,1-2H3,(H2,31,37)/t17-,18+,22?,24?,30+/m1/s1. The highest BCUT2D eigenvalue weighted by Gasteiger charge is 2.66. The maximum absolute atomic E-state index is 13.9. The third-order valence-corrected chi connectivity index (χ3v) is 8.17. The Hall–Kier alpha value is -4.09. The summed E-state index contributed by atoms with van der Waals surface area (Å²) in [7, 11) is 0. The second-order valence-electron chi connectivity index (χ2n) is 10.7. The monoisotopic (exact) mass is 513 g/mol. The highest BCUT2D eigenvalue weighted by atomic mass is 16.3. The molecule has 0 heterocycles. The van der Waals surface area contributed by atoms with Crippen LogP contribution >= 0.6 is 0 Å². The van der Waals surface area contributed by atoms with Crippen molar-refractivity contribution in [1.29, 1.82) is 0 Å². The van der Waals surface area contributed by atoms with E-state index >= 15 is 0 Å². The van der Waals surface area contributed by atoms with Gasteiger partial charge in [0.1, 0.15) is 5.75 Å². The van der Waals surface area contributed by atoms with Gasteiger partial charge in [0.05, 0.1) is 17.0 Å². The minimum atomic E-state index is -2.66. The van der Waals surface area contributed by atoms with Crippen molar-refractivity contribution in [2.75, 3.05) is 0 Å². The molecule has 0 aromatic heterocycles. The molecule has 2 unspecified atom stereocenters. The number of aromatic hydroxyl groups is 1. The van der Waals surface area contributed by atoms with Gasteiger partial charge < -0.3 is 15.9 Å². The van der Waals surface area contributed by atoms with Crippen LogP contribution in [0.4, 0.5) is 0 Å². The number of ketones is 4. The summed E-state index contributed by atoms with van der Waals surface area (Å²) in [6.07, 6.45) is -0.0454. The van der Waals surface area contributed by atoms with Crippen LogP contribution in [0.15, 0.2) is 36.4 Å². The fourth-order valence-electron chi connectivity index (χ4n) is 6.33. The Bertz CT molecular complexity index is 1480. The maximum Gasteiger partial charge on any atom is 0.235 e. The first-order valence-corrected chi connectivity index (χ1v) is 12.6. The van der Waals surface area contributed by atoms with Crippen LogP contribution in [-0.4, -0.2) is 44.9 Å². The summed E-state index contributed by atoms with van der Waals surface area (Å²) in [5.74, 6) is -4.38. The number of aliphatic hydroxyl groups is 1. The number of nitrogens with two attached hydrogens (primary N) is 1. The van der Waals surface area contributed by atoms with E-state index in [4.69, 9.17) is 5.73 Å². The predicted octanol–water partition coefficient (Wildman–Crippen LogP) is 1.85. The van der Waals surface area contributed by atoms with E-state index < -0.39 is 58.3 Å². The predicted molar refractivity (Wildman–Crippen MR) is 135 cm³/mol. The Morgan fingerprint density at radius 2 is 1.74 bits per heavy atom. The van der Waals surface area contributed by atoms with Crippen LogP contribution in [0.2, 0.25) is 0 Å². The van der Waals surface area contributed by atoms with Gasteiger partial charge in [-0.2, -0.15) is 0 Å². The van der Waals surface area contributed by atoms with Crippen molar-refractivity contribution in [2.45, 2.75) is 44.6 Å². The molecule has 2 fully saturated rings. The summed E-state index contributed by atoms with van der Waals surface area (Å²) in [6.45, 7) is 3.90. The first kappa shape index (κ1) is 25.6. The first-order valence-electron chi connectivity index (χ1n) is 12.6. The van der Waals surface area contributed by atoms with Gasteiger partial charge in [-0.05, 0) is 54.0 Å². The zero-order valence-electron chi connectivity index (χ0n) is 21.0. The molecule has 0 saturated heterocycles. The Labute approximate surface area is 219 Å². The molecule has 0 spiro atoms. The molecular formula is C30H27NO7. The Morgan fingerprint density at radius 1 is 1.05 bits per heavy atom. The lowest BCUT2D eigenvalue weighted by molar-refractivity contribution is -0.175. The number of primary amides is 1. The molecule has 2 aromatic rings. The maximum atomic E-state index is 13.9. The number of phenolic OH excluding ortho intramolecular Hbond substituents is 1. The van der Waals surface area contributed by atoms with Gasteiger partial charge in [-0.1, -0.05) is 43.9 Å². The number of hydrogen-bond donors (Lipinski definition) is 3. The van der Waals surface area contributed by atoms with E-state index in [1.54, 1.807) is 6.07 Å². The van der Waals surface area contributed by atoms with Crippen LogP contribution in [0.3, 0.4) is 0 Å². The fourth-order valence-corrected chi connectivity index (χ4v) is 6.33. The van der Waals surface area contributed by atoms with E-state index in [1.165, 1.54) is 0 Å². The van der Waals surface area contributed by atoms with Gasteiger partial charge >= 0.3 is 0 Å². The lowest BCUT2D eigenvalue weighted by atomic mass is 9.53. The molecule has 1 amide bonds. The number of carbonyl (C=O) groups is 5. The molecule has 3 aliphatic carbocycles. The van der Waals surface area contributed by atoms with Crippen molar-refractivity contribution in [3.05, 3.63) is 64.2 Å². The van der Waals surface area contributed by atoms with E-state index in [0.29, 0.717) is 11.1 Å². The topological polar surface area (TPSA) is 152 Å². The zero-order chi connectivity index (χ0) is 27.5. The highest BCUT2D eigenvalue weighted by molar-refractivity contribution is 6.31. The largest absolute Gasteiger partial charge is 0.506 e. The molecule has 0 bridgehead atoms. The van der Waals surface area contributed by atoms with Crippen molar-refractivity contribution in [2.24, 2.45) is 29.4 Å². The first-order chi connectivity index (χ1) is 18.0. The molecule has 2 saturated carbocycles. The smallest absolute Gasteiger partial charge is 0.235 e. The highest BCUT2D eigenvalue weighted by Crippen LogP contribution is 2.51. The van der Waals surface area contributed by atoms with Crippen LogP contribution in [0.1, 0.15) is 65.2 Å². The summed E-state index contributed by atoms with van der Waals surface area (Å²) in [4.78, 5) is 64.9. The number of fused-ring (bicyclic) bond motifs is 3. The van der Waals surface area contributed by atoms with Gasteiger partial charge in [0.15, 0.2) is 34.7 Å². The summed E-state index contributed by atoms with van der Waals surface area (Å²) < 4.78 is 0. The molecule has 2 aromatic carbocycles. The lowest BCUT2D eigenvalue weighted by Gasteiger charge is -2.48.